The Labute approximate surface area is 84.7 Å². The molecule has 0 saturated carbocycles. The Morgan fingerprint density at radius 1 is 1.29 bits per heavy atom. The lowest BCUT2D eigenvalue weighted by Gasteiger charge is -2.19. The van der Waals surface area contributed by atoms with Gasteiger partial charge in [-0.3, -0.25) is 14.5 Å². The average molecular weight is 198 g/mol. The summed E-state index contributed by atoms with van der Waals surface area (Å²) in [5.74, 6) is -0.174. The molecule has 1 rings (SSSR count). The minimum atomic E-state index is -0.174. The van der Waals surface area contributed by atoms with Crippen molar-refractivity contribution in [1.82, 2.24) is 10.2 Å². The van der Waals surface area contributed by atoms with Gasteiger partial charge in [0.1, 0.15) is 0 Å². The number of imide groups is 1. The molecular weight excluding hydrogens is 180 g/mol. The molecule has 1 aliphatic heterocycles. The summed E-state index contributed by atoms with van der Waals surface area (Å²) < 4.78 is 0. The number of nitrogens with zero attached hydrogens (tertiary/aromatic N) is 1. The van der Waals surface area contributed by atoms with E-state index >= 15 is 0 Å². The lowest BCUT2D eigenvalue weighted by atomic mass is 9.99. The Morgan fingerprint density at radius 2 is 2.00 bits per heavy atom. The first-order valence-electron chi connectivity index (χ1n) is 5.11. The van der Waals surface area contributed by atoms with Crippen LogP contribution in [0.4, 0.5) is 0 Å². The molecule has 0 radical (unpaired) electrons. The highest BCUT2D eigenvalue weighted by atomic mass is 16.2. The second-order valence-electron chi connectivity index (χ2n) is 3.79. The molecule has 80 valence electrons. The van der Waals surface area contributed by atoms with E-state index in [2.05, 4.69) is 5.32 Å². The maximum absolute atomic E-state index is 11.8. The highest BCUT2D eigenvalue weighted by molar-refractivity contribution is 5.94. The van der Waals surface area contributed by atoms with Crippen molar-refractivity contribution in [2.45, 2.75) is 26.2 Å². The molecule has 14 heavy (non-hydrogen) atoms. The van der Waals surface area contributed by atoms with E-state index in [9.17, 15) is 9.59 Å². The number of amides is 2. The molecule has 0 aromatic rings. The highest BCUT2D eigenvalue weighted by Crippen LogP contribution is 2.15. The SMILES string of the molecule is CC(=O)N(C)C(=O)C1CCCNCC1. The minimum Gasteiger partial charge on any atom is -0.317 e. The summed E-state index contributed by atoms with van der Waals surface area (Å²) in [5.41, 5.74) is 0. The van der Waals surface area contributed by atoms with E-state index in [0.717, 1.165) is 32.4 Å². The summed E-state index contributed by atoms with van der Waals surface area (Å²) in [6, 6.07) is 0. The fourth-order valence-corrected chi connectivity index (χ4v) is 1.70. The normalized spacial score (nSPS) is 22.6. The third-order valence-corrected chi connectivity index (χ3v) is 2.73. The predicted molar refractivity (Wildman–Crippen MR) is 53.7 cm³/mol. The molecule has 1 saturated heterocycles. The van der Waals surface area contributed by atoms with Gasteiger partial charge in [0.25, 0.3) is 0 Å². The highest BCUT2D eigenvalue weighted by Gasteiger charge is 2.24. The average Bonchev–Trinajstić information content (AvgIpc) is 2.43. The zero-order valence-electron chi connectivity index (χ0n) is 8.88. The second kappa shape index (κ2) is 5.10. The number of hydrogen-bond donors (Lipinski definition) is 1. The van der Waals surface area contributed by atoms with Crippen LogP contribution in [-0.2, 0) is 9.59 Å². The van der Waals surface area contributed by atoms with Crippen molar-refractivity contribution >= 4 is 11.8 Å². The van der Waals surface area contributed by atoms with Gasteiger partial charge in [0.15, 0.2) is 0 Å². The lowest BCUT2D eigenvalue weighted by Crippen LogP contribution is -2.36. The maximum atomic E-state index is 11.8. The van der Waals surface area contributed by atoms with Gasteiger partial charge in [-0.2, -0.15) is 0 Å². The first kappa shape index (κ1) is 11.2. The molecule has 1 atom stereocenters. The van der Waals surface area contributed by atoms with Gasteiger partial charge in [-0.15, -0.1) is 0 Å². The largest absolute Gasteiger partial charge is 0.317 e. The zero-order chi connectivity index (χ0) is 10.6. The first-order chi connectivity index (χ1) is 6.63. The van der Waals surface area contributed by atoms with E-state index < -0.39 is 0 Å². The van der Waals surface area contributed by atoms with E-state index in [4.69, 9.17) is 0 Å². The van der Waals surface area contributed by atoms with Crippen molar-refractivity contribution in [1.29, 1.82) is 0 Å². The molecule has 0 spiro atoms. The standard InChI is InChI=1S/C10H18N2O2/c1-8(13)12(2)10(14)9-4-3-6-11-7-5-9/h9,11H,3-7H2,1-2H3. The second-order valence-corrected chi connectivity index (χ2v) is 3.79. The first-order valence-corrected chi connectivity index (χ1v) is 5.11. The van der Waals surface area contributed by atoms with Crippen molar-refractivity contribution in [2.75, 3.05) is 20.1 Å². The van der Waals surface area contributed by atoms with Crippen LogP contribution in [-0.4, -0.2) is 36.9 Å². The predicted octanol–water partition coefficient (Wildman–Crippen LogP) is 0.381. The van der Waals surface area contributed by atoms with Crippen LogP contribution in [0, 0.1) is 5.92 Å². The van der Waals surface area contributed by atoms with Gasteiger partial charge in [-0.25, -0.2) is 0 Å². The van der Waals surface area contributed by atoms with Gasteiger partial charge in [-0.1, -0.05) is 0 Å². The third kappa shape index (κ3) is 2.80. The number of rotatable bonds is 1. The smallest absolute Gasteiger partial charge is 0.232 e. The minimum absolute atomic E-state index is 0.0267. The summed E-state index contributed by atoms with van der Waals surface area (Å²) >= 11 is 0. The molecule has 0 aromatic heterocycles. The molecule has 0 bridgehead atoms. The molecule has 1 N–H and O–H groups in total. The Balaban J connectivity index is 2.53. The van der Waals surface area contributed by atoms with Crippen molar-refractivity contribution in [3.8, 4) is 0 Å². The molecule has 1 aliphatic rings. The van der Waals surface area contributed by atoms with E-state index in [-0.39, 0.29) is 17.7 Å². The Bertz CT molecular complexity index is 220. The molecule has 4 heteroatoms. The van der Waals surface area contributed by atoms with Crippen molar-refractivity contribution < 1.29 is 9.59 Å². The molecule has 1 unspecified atom stereocenters. The van der Waals surface area contributed by atoms with Crippen LogP contribution in [0.15, 0.2) is 0 Å². The third-order valence-electron chi connectivity index (χ3n) is 2.73. The molecule has 4 nitrogen and oxygen atoms in total. The summed E-state index contributed by atoms with van der Waals surface area (Å²) in [5, 5.41) is 3.24. The van der Waals surface area contributed by atoms with Crippen LogP contribution >= 0.6 is 0 Å². The van der Waals surface area contributed by atoms with Crippen LogP contribution in [0.25, 0.3) is 0 Å². The van der Waals surface area contributed by atoms with Gasteiger partial charge >= 0.3 is 0 Å². The summed E-state index contributed by atoms with van der Waals surface area (Å²) in [7, 11) is 1.56. The number of nitrogens with one attached hydrogen (secondary N) is 1. The van der Waals surface area contributed by atoms with Crippen molar-refractivity contribution in [2.24, 2.45) is 5.92 Å². The van der Waals surface area contributed by atoms with E-state index in [0.29, 0.717) is 0 Å². The molecule has 1 heterocycles. The van der Waals surface area contributed by atoms with Crippen LogP contribution in [0.3, 0.4) is 0 Å². The van der Waals surface area contributed by atoms with E-state index in [1.165, 1.54) is 11.8 Å². The van der Waals surface area contributed by atoms with Gasteiger partial charge in [0.2, 0.25) is 11.8 Å². The Morgan fingerprint density at radius 3 is 2.64 bits per heavy atom. The van der Waals surface area contributed by atoms with E-state index in [1.807, 2.05) is 0 Å². The Kier molecular flexibility index (Phi) is 4.07. The van der Waals surface area contributed by atoms with Crippen molar-refractivity contribution in [3.63, 3.8) is 0 Å². The van der Waals surface area contributed by atoms with Crippen LogP contribution < -0.4 is 5.32 Å². The fraction of sp³-hybridized carbons (Fsp3) is 0.800. The van der Waals surface area contributed by atoms with Gasteiger partial charge in [-0.05, 0) is 32.4 Å². The number of carbonyl (C=O) groups is 2. The van der Waals surface area contributed by atoms with E-state index in [1.54, 1.807) is 7.05 Å². The topological polar surface area (TPSA) is 49.4 Å². The van der Waals surface area contributed by atoms with Crippen LogP contribution in [0.5, 0.6) is 0 Å². The fourth-order valence-electron chi connectivity index (χ4n) is 1.70. The van der Waals surface area contributed by atoms with Gasteiger partial charge < -0.3 is 5.32 Å². The zero-order valence-corrected chi connectivity index (χ0v) is 8.88. The van der Waals surface area contributed by atoms with Crippen LogP contribution in [0.1, 0.15) is 26.2 Å². The lowest BCUT2D eigenvalue weighted by molar-refractivity contribution is -0.144. The summed E-state index contributed by atoms with van der Waals surface area (Å²) in [6.45, 7) is 3.28. The molecule has 0 aromatic carbocycles. The summed E-state index contributed by atoms with van der Waals surface area (Å²) in [4.78, 5) is 24.0. The van der Waals surface area contributed by atoms with Gasteiger partial charge in [0.05, 0.1) is 0 Å². The number of hydrogen-bond acceptors (Lipinski definition) is 3. The van der Waals surface area contributed by atoms with Crippen LogP contribution in [0.2, 0.25) is 0 Å². The maximum Gasteiger partial charge on any atom is 0.232 e. The summed E-state index contributed by atoms with van der Waals surface area (Å²) in [6.07, 6.45) is 2.75. The Hall–Kier alpha value is -0.900. The quantitative estimate of drug-likeness (QED) is 0.662. The molecule has 2 amide bonds. The molecule has 1 fully saturated rings. The molecule has 0 aliphatic carbocycles. The van der Waals surface area contributed by atoms with Crippen molar-refractivity contribution in [3.05, 3.63) is 0 Å². The number of carbonyl (C=O) groups excluding carboxylic acids is 2. The molecular formula is C10H18N2O2. The monoisotopic (exact) mass is 198 g/mol. The van der Waals surface area contributed by atoms with Gasteiger partial charge in [0, 0.05) is 19.9 Å².